The third kappa shape index (κ3) is 3.09. The van der Waals surface area contributed by atoms with Crippen LogP contribution in [0.1, 0.15) is 37.3 Å². The Balaban J connectivity index is 1.87. The Morgan fingerprint density at radius 2 is 2.20 bits per heavy atom. The number of thiazole rings is 1. The Morgan fingerprint density at radius 3 is 2.80 bits per heavy atom. The Morgan fingerprint density at radius 1 is 1.45 bits per heavy atom. The SMILES string of the molecule is CCC(C)(CNC(=O)Nc1nc2c(s1)CCC2)C(=O)O. The number of rotatable bonds is 5. The molecule has 1 unspecified atom stereocenters. The average molecular weight is 297 g/mol. The molecule has 20 heavy (non-hydrogen) atoms. The summed E-state index contributed by atoms with van der Waals surface area (Å²) in [6, 6.07) is -0.404. The van der Waals surface area contributed by atoms with E-state index in [0.717, 1.165) is 25.0 Å². The first-order valence-electron chi connectivity index (χ1n) is 6.71. The predicted octanol–water partition coefficient (Wildman–Crippen LogP) is 2.25. The summed E-state index contributed by atoms with van der Waals surface area (Å²) in [5.41, 5.74) is 0.136. The van der Waals surface area contributed by atoms with Crippen LogP contribution in [0.5, 0.6) is 0 Å². The molecular weight excluding hydrogens is 278 g/mol. The Labute approximate surface area is 121 Å². The summed E-state index contributed by atoms with van der Waals surface area (Å²) >= 11 is 1.50. The van der Waals surface area contributed by atoms with Gasteiger partial charge in [0.2, 0.25) is 0 Å². The second-order valence-corrected chi connectivity index (χ2v) is 6.35. The molecule has 0 saturated carbocycles. The van der Waals surface area contributed by atoms with Crippen LogP contribution in [0.15, 0.2) is 0 Å². The van der Waals surface area contributed by atoms with Crippen molar-refractivity contribution in [1.29, 1.82) is 0 Å². The molecule has 2 rings (SSSR count). The van der Waals surface area contributed by atoms with Crippen molar-refractivity contribution in [3.8, 4) is 0 Å². The van der Waals surface area contributed by atoms with Gasteiger partial charge in [0, 0.05) is 11.4 Å². The van der Waals surface area contributed by atoms with Gasteiger partial charge in [-0.3, -0.25) is 10.1 Å². The van der Waals surface area contributed by atoms with Crippen LogP contribution < -0.4 is 10.6 Å². The number of aromatic nitrogens is 1. The highest BCUT2D eigenvalue weighted by Crippen LogP contribution is 2.30. The summed E-state index contributed by atoms with van der Waals surface area (Å²) in [7, 11) is 0. The number of carboxylic acid groups (broad SMARTS) is 1. The number of aliphatic carboxylic acids is 1. The van der Waals surface area contributed by atoms with E-state index in [1.807, 2.05) is 0 Å². The number of carbonyl (C=O) groups excluding carboxylic acids is 1. The molecule has 1 heterocycles. The van der Waals surface area contributed by atoms with Gasteiger partial charge in [0.05, 0.1) is 11.1 Å². The van der Waals surface area contributed by atoms with Crippen molar-refractivity contribution in [2.75, 3.05) is 11.9 Å². The number of hydrogen-bond acceptors (Lipinski definition) is 4. The minimum Gasteiger partial charge on any atom is -0.481 e. The van der Waals surface area contributed by atoms with Gasteiger partial charge in [0.1, 0.15) is 0 Å². The molecule has 0 radical (unpaired) electrons. The molecule has 0 spiro atoms. The lowest BCUT2D eigenvalue weighted by Crippen LogP contribution is -2.42. The minimum atomic E-state index is -0.942. The first-order valence-corrected chi connectivity index (χ1v) is 7.53. The fourth-order valence-electron chi connectivity index (χ4n) is 2.01. The van der Waals surface area contributed by atoms with E-state index in [-0.39, 0.29) is 6.54 Å². The van der Waals surface area contributed by atoms with Crippen LogP contribution >= 0.6 is 11.3 Å². The van der Waals surface area contributed by atoms with Crippen molar-refractivity contribution >= 4 is 28.5 Å². The quantitative estimate of drug-likeness (QED) is 0.777. The molecule has 1 aromatic rings. The highest BCUT2D eigenvalue weighted by molar-refractivity contribution is 7.15. The van der Waals surface area contributed by atoms with Gasteiger partial charge in [-0.25, -0.2) is 9.78 Å². The van der Waals surface area contributed by atoms with Gasteiger partial charge >= 0.3 is 12.0 Å². The maximum absolute atomic E-state index is 11.8. The number of nitrogens with one attached hydrogen (secondary N) is 2. The van der Waals surface area contributed by atoms with E-state index in [0.29, 0.717) is 11.6 Å². The van der Waals surface area contributed by atoms with Crippen LogP contribution in [0.25, 0.3) is 0 Å². The monoisotopic (exact) mass is 297 g/mol. The van der Waals surface area contributed by atoms with E-state index < -0.39 is 17.4 Å². The fraction of sp³-hybridized carbons (Fsp3) is 0.615. The number of nitrogens with zero attached hydrogens (tertiary/aromatic N) is 1. The van der Waals surface area contributed by atoms with E-state index in [1.165, 1.54) is 16.2 Å². The van der Waals surface area contributed by atoms with E-state index in [1.54, 1.807) is 13.8 Å². The van der Waals surface area contributed by atoms with Gasteiger partial charge in [-0.15, -0.1) is 11.3 Å². The van der Waals surface area contributed by atoms with Crippen molar-refractivity contribution < 1.29 is 14.7 Å². The average Bonchev–Trinajstić information content (AvgIpc) is 2.96. The van der Waals surface area contributed by atoms with Crippen molar-refractivity contribution in [2.45, 2.75) is 39.5 Å². The van der Waals surface area contributed by atoms with Gasteiger partial charge in [-0.1, -0.05) is 6.92 Å². The molecule has 6 nitrogen and oxygen atoms in total. The molecule has 110 valence electrons. The first-order chi connectivity index (χ1) is 9.44. The van der Waals surface area contributed by atoms with E-state index in [4.69, 9.17) is 5.11 Å². The summed E-state index contributed by atoms with van der Waals surface area (Å²) < 4.78 is 0. The lowest BCUT2D eigenvalue weighted by molar-refractivity contribution is -0.147. The zero-order valence-corrected chi connectivity index (χ0v) is 12.5. The largest absolute Gasteiger partial charge is 0.481 e. The van der Waals surface area contributed by atoms with Gasteiger partial charge in [0.25, 0.3) is 0 Å². The third-order valence-electron chi connectivity index (χ3n) is 3.75. The maximum atomic E-state index is 11.8. The first kappa shape index (κ1) is 14.8. The van der Waals surface area contributed by atoms with E-state index in [2.05, 4.69) is 15.6 Å². The molecule has 1 atom stereocenters. The zero-order valence-electron chi connectivity index (χ0n) is 11.7. The van der Waals surface area contributed by atoms with Crippen LogP contribution in [-0.2, 0) is 17.6 Å². The molecule has 0 bridgehead atoms. The number of hydrogen-bond donors (Lipinski definition) is 3. The molecule has 7 heteroatoms. The number of carboxylic acids is 1. The van der Waals surface area contributed by atoms with Crippen LogP contribution in [0, 0.1) is 5.41 Å². The van der Waals surface area contributed by atoms with Crippen molar-refractivity contribution in [3.63, 3.8) is 0 Å². The smallest absolute Gasteiger partial charge is 0.321 e. The zero-order chi connectivity index (χ0) is 14.8. The minimum absolute atomic E-state index is 0.0930. The molecular formula is C13H19N3O3S. The number of aryl methyl sites for hydroxylation is 2. The van der Waals surface area contributed by atoms with Gasteiger partial charge < -0.3 is 10.4 Å². The molecule has 1 aliphatic carbocycles. The van der Waals surface area contributed by atoms with E-state index >= 15 is 0 Å². The second kappa shape index (κ2) is 5.78. The maximum Gasteiger partial charge on any atom is 0.321 e. The summed E-state index contributed by atoms with van der Waals surface area (Å²) in [4.78, 5) is 28.5. The number of fused-ring (bicyclic) bond motifs is 1. The molecule has 0 aromatic carbocycles. The Hall–Kier alpha value is -1.63. The predicted molar refractivity (Wildman–Crippen MR) is 77.2 cm³/mol. The van der Waals surface area contributed by atoms with Crippen molar-refractivity contribution in [3.05, 3.63) is 10.6 Å². The van der Waals surface area contributed by atoms with Crippen LogP contribution in [0.4, 0.5) is 9.93 Å². The fourth-order valence-corrected chi connectivity index (χ4v) is 3.06. The highest BCUT2D eigenvalue weighted by Gasteiger charge is 2.31. The molecule has 3 N–H and O–H groups in total. The number of anilines is 1. The van der Waals surface area contributed by atoms with Gasteiger partial charge in [0.15, 0.2) is 5.13 Å². The summed E-state index contributed by atoms with van der Waals surface area (Å²) in [6.45, 7) is 3.50. The van der Waals surface area contributed by atoms with Gasteiger partial charge in [-0.05, 0) is 32.6 Å². The van der Waals surface area contributed by atoms with E-state index in [9.17, 15) is 9.59 Å². The van der Waals surface area contributed by atoms with Crippen LogP contribution in [-0.4, -0.2) is 28.6 Å². The lowest BCUT2D eigenvalue weighted by atomic mass is 9.88. The summed E-state index contributed by atoms with van der Waals surface area (Å²) in [6.07, 6.45) is 3.59. The normalized spacial score (nSPS) is 16.3. The van der Waals surface area contributed by atoms with Crippen molar-refractivity contribution in [2.24, 2.45) is 5.41 Å². The summed E-state index contributed by atoms with van der Waals surface area (Å²) in [5.74, 6) is -0.909. The van der Waals surface area contributed by atoms with Crippen LogP contribution in [0.2, 0.25) is 0 Å². The second-order valence-electron chi connectivity index (χ2n) is 5.27. The third-order valence-corrected chi connectivity index (χ3v) is 4.82. The number of carbonyl (C=O) groups is 2. The molecule has 2 amide bonds. The number of urea groups is 1. The molecule has 1 aromatic heterocycles. The van der Waals surface area contributed by atoms with Gasteiger partial charge in [-0.2, -0.15) is 0 Å². The van der Waals surface area contributed by atoms with Crippen LogP contribution in [0.3, 0.4) is 0 Å². The lowest BCUT2D eigenvalue weighted by Gasteiger charge is -2.23. The molecule has 0 saturated heterocycles. The Kier molecular flexibility index (Phi) is 4.27. The molecule has 0 aliphatic heterocycles. The summed E-state index contributed by atoms with van der Waals surface area (Å²) in [5, 5.41) is 15.0. The number of amides is 2. The standard InChI is InChI=1S/C13H19N3O3S/c1-3-13(2,10(17)18)7-14-11(19)16-12-15-8-5-4-6-9(8)20-12/h3-7H2,1-2H3,(H,17,18)(H2,14,15,16,19). The molecule has 0 fully saturated rings. The Bertz CT molecular complexity index is 507. The highest BCUT2D eigenvalue weighted by atomic mass is 32.1. The molecule has 1 aliphatic rings. The topological polar surface area (TPSA) is 91.3 Å². The van der Waals surface area contributed by atoms with Crippen molar-refractivity contribution in [1.82, 2.24) is 10.3 Å².